The smallest absolute Gasteiger partial charge is 0.270 e. The number of halogens is 1. The molecule has 190 valence electrons. The molecule has 3 heterocycles. The average Bonchev–Trinajstić information content (AvgIpc) is 3.55. The van der Waals surface area contributed by atoms with Crippen molar-refractivity contribution in [3.63, 3.8) is 0 Å². The number of nitrogens with zero attached hydrogens (tertiary/aromatic N) is 3. The summed E-state index contributed by atoms with van der Waals surface area (Å²) in [7, 11) is 1.56. The molecular weight excluding hydrogens is 473 g/mol. The maximum absolute atomic E-state index is 14.0. The molecule has 3 amide bonds. The Kier molecular flexibility index (Phi) is 5.98. The molecule has 5 rings (SSSR count). The fraction of sp³-hybridized carbons (Fsp3) is 0.357. The predicted octanol–water partition coefficient (Wildman–Crippen LogP) is 3.81. The third-order valence-corrected chi connectivity index (χ3v) is 7.50. The summed E-state index contributed by atoms with van der Waals surface area (Å²) in [5.41, 5.74) is 1.20. The van der Waals surface area contributed by atoms with Gasteiger partial charge in [-0.15, -0.1) is 0 Å². The number of carbonyl (C=O) groups excluding carboxylic acids is 3. The summed E-state index contributed by atoms with van der Waals surface area (Å²) in [4.78, 5) is 46.4. The molecule has 9 heteroatoms. The second-order valence-electron chi connectivity index (χ2n) is 10.4. The summed E-state index contributed by atoms with van der Waals surface area (Å²) < 4.78 is 13.7. The zero-order valence-corrected chi connectivity index (χ0v) is 20.9. The van der Waals surface area contributed by atoms with Crippen molar-refractivity contribution in [2.45, 2.75) is 44.2 Å². The monoisotopic (exact) mass is 501 g/mol. The number of carbonyl (C=O) groups is 3. The number of hydrogen-bond donors (Lipinski definition) is 2. The van der Waals surface area contributed by atoms with Crippen LogP contribution in [0.4, 0.5) is 10.1 Å². The van der Waals surface area contributed by atoms with Crippen molar-refractivity contribution in [2.75, 3.05) is 18.9 Å². The molecule has 1 spiro atoms. The maximum atomic E-state index is 14.0. The molecule has 2 aromatic carbocycles. The van der Waals surface area contributed by atoms with Crippen LogP contribution < -0.4 is 5.32 Å². The molecule has 1 aromatic heterocycles. The number of nitrogens with one attached hydrogen (secondary N) is 2. The molecular formula is C28H28FN5O3. The van der Waals surface area contributed by atoms with Crippen LogP contribution in [0.1, 0.15) is 42.7 Å². The number of amides is 3. The Balaban J connectivity index is 1.46. The van der Waals surface area contributed by atoms with E-state index in [4.69, 9.17) is 0 Å². The molecule has 2 N–H and O–H groups in total. The number of aromatic nitrogens is 1. The lowest BCUT2D eigenvalue weighted by Crippen LogP contribution is -2.52. The van der Waals surface area contributed by atoms with E-state index in [2.05, 4.69) is 16.4 Å². The lowest BCUT2D eigenvalue weighted by atomic mass is 9.80. The second-order valence-corrected chi connectivity index (χ2v) is 10.4. The Morgan fingerprint density at radius 2 is 2.00 bits per heavy atom. The first-order valence-electron chi connectivity index (χ1n) is 12.3. The molecule has 1 saturated heterocycles. The van der Waals surface area contributed by atoms with E-state index in [0.717, 1.165) is 5.56 Å². The molecule has 2 aliphatic heterocycles. The number of aromatic amines is 1. The molecule has 1 unspecified atom stereocenters. The van der Waals surface area contributed by atoms with E-state index in [1.54, 1.807) is 19.2 Å². The molecule has 0 radical (unpaired) electrons. The molecule has 8 nitrogen and oxygen atoms in total. The number of likely N-dealkylation sites (tertiary alicyclic amines) is 1. The van der Waals surface area contributed by atoms with Crippen LogP contribution in [0.2, 0.25) is 0 Å². The largest absolute Gasteiger partial charge is 0.350 e. The van der Waals surface area contributed by atoms with Gasteiger partial charge in [-0.3, -0.25) is 14.4 Å². The maximum Gasteiger partial charge on any atom is 0.270 e. The molecule has 0 aliphatic carbocycles. The summed E-state index contributed by atoms with van der Waals surface area (Å²) >= 11 is 0. The van der Waals surface area contributed by atoms with Crippen molar-refractivity contribution in [1.82, 2.24) is 14.8 Å². The predicted molar refractivity (Wildman–Crippen MR) is 136 cm³/mol. The van der Waals surface area contributed by atoms with Gasteiger partial charge in [-0.25, -0.2) is 4.39 Å². The third-order valence-electron chi connectivity index (χ3n) is 7.50. The first-order valence-corrected chi connectivity index (χ1v) is 12.3. The van der Waals surface area contributed by atoms with E-state index in [9.17, 15) is 24.0 Å². The highest BCUT2D eigenvalue weighted by Gasteiger charge is 2.56. The Labute approximate surface area is 214 Å². The standard InChI is InChI=1S/C28H28FN5O3/c1-16(2)10-24(33(3)25(35)23-11-17-8-9-18(29)12-22(17)31-23)26(36)34-15-28(13-19(34)14-30)20-6-4-5-7-21(20)32-27(28)37/h4-9,11-12,16,19,24,31H,10,13,15H2,1-3H3,(H,32,37)/t19?,24-,28-/m0/s1. The summed E-state index contributed by atoms with van der Waals surface area (Å²) in [6.45, 7) is 3.98. The van der Waals surface area contributed by atoms with Gasteiger partial charge in [0.05, 0.1) is 11.5 Å². The molecule has 0 saturated carbocycles. The second kappa shape index (κ2) is 9.04. The highest BCUT2D eigenvalue weighted by molar-refractivity contribution is 6.07. The fourth-order valence-corrected chi connectivity index (χ4v) is 5.59. The molecule has 3 atom stereocenters. The van der Waals surface area contributed by atoms with Gasteiger partial charge in [-0.05, 0) is 48.2 Å². The topological polar surface area (TPSA) is 109 Å². The van der Waals surface area contributed by atoms with E-state index < -0.39 is 29.2 Å². The van der Waals surface area contributed by atoms with Gasteiger partial charge in [-0.2, -0.15) is 5.26 Å². The molecule has 0 bridgehead atoms. The Morgan fingerprint density at radius 3 is 2.73 bits per heavy atom. The number of nitriles is 1. The number of benzene rings is 2. The highest BCUT2D eigenvalue weighted by Crippen LogP contribution is 2.46. The normalized spacial score (nSPS) is 21.2. The summed E-state index contributed by atoms with van der Waals surface area (Å²) in [5, 5.41) is 13.5. The minimum absolute atomic E-state index is 0.0647. The number of likely N-dealkylation sites (N-methyl/N-ethyl adjacent to an activating group) is 1. The summed E-state index contributed by atoms with van der Waals surface area (Å²) in [6.07, 6.45) is 0.568. The van der Waals surface area contributed by atoms with Crippen molar-refractivity contribution in [1.29, 1.82) is 5.26 Å². The zero-order valence-electron chi connectivity index (χ0n) is 20.9. The van der Waals surface area contributed by atoms with E-state index in [0.29, 0.717) is 23.0 Å². The lowest BCUT2D eigenvalue weighted by Gasteiger charge is -2.33. The van der Waals surface area contributed by atoms with Crippen molar-refractivity contribution >= 4 is 34.3 Å². The van der Waals surface area contributed by atoms with Crippen LogP contribution in [0.3, 0.4) is 0 Å². The first-order chi connectivity index (χ1) is 17.6. The molecule has 3 aromatic rings. The lowest BCUT2D eigenvalue weighted by molar-refractivity contribution is -0.136. The van der Waals surface area contributed by atoms with E-state index >= 15 is 0 Å². The summed E-state index contributed by atoms with van der Waals surface area (Å²) in [5.74, 6) is -1.35. The Morgan fingerprint density at radius 1 is 1.24 bits per heavy atom. The zero-order chi connectivity index (χ0) is 26.5. The summed E-state index contributed by atoms with van der Waals surface area (Å²) in [6, 6.07) is 13.7. The van der Waals surface area contributed by atoms with Crippen LogP contribution in [-0.4, -0.2) is 58.2 Å². The minimum Gasteiger partial charge on any atom is -0.350 e. The van der Waals surface area contributed by atoms with Crippen LogP contribution in [-0.2, 0) is 15.0 Å². The van der Waals surface area contributed by atoms with E-state index in [1.165, 1.54) is 21.9 Å². The molecule has 1 fully saturated rings. The van der Waals surface area contributed by atoms with Gasteiger partial charge >= 0.3 is 0 Å². The van der Waals surface area contributed by atoms with Crippen molar-refractivity contribution in [3.05, 3.63) is 65.6 Å². The number of para-hydroxylation sites is 1. The first kappa shape index (κ1) is 24.5. The van der Waals surface area contributed by atoms with Gasteiger partial charge in [0.15, 0.2) is 0 Å². The van der Waals surface area contributed by atoms with E-state index in [-0.39, 0.29) is 36.4 Å². The fourth-order valence-electron chi connectivity index (χ4n) is 5.59. The van der Waals surface area contributed by atoms with Crippen LogP contribution in [0, 0.1) is 23.1 Å². The van der Waals surface area contributed by atoms with Crippen LogP contribution in [0.25, 0.3) is 10.9 Å². The van der Waals surface area contributed by atoms with Crippen LogP contribution >= 0.6 is 0 Å². The average molecular weight is 502 g/mol. The number of fused-ring (bicyclic) bond motifs is 3. The van der Waals surface area contributed by atoms with E-state index in [1.807, 2.05) is 38.1 Å². The van der Waals surface area contributed by atoms with Crippen LogP contribution in [0.15, 0.2) is 48.5 Å². The number of hydrogen-bond acceptors (Lipinski definition) is 4. The van der Waals surface area contributed by atoms with Crippen molar-refractivity contribution < 1.29 is 18.8 Å². The van der Waals surface area contributed by atoms with Gasteiger partial charge in [0, 0.05) is 36.6 Å². The SMILES string of the molecule is CC(C)C[C@@H](C(=O)N1C[C@]2(CC1C#N)C(=O)Nc1ccccc12)N(C)C(=O)c1cc2ccc(F)cc2[nH]1. The van der Waals surface area contributed by atoms with Crippen LogP contribution in [0.5, 0.6) is 0 Å². The third kappa shape index (κ3) is 4.02. The molecule has 37 heavy (non-hydrogen) atoms. The number of H-pyrrole nitrogens is 1. The van der Waals surface area contributed by atoms with Gasteiger partial charge in [0.25, 0.3) is 5.91 Å². The Bertz CT molecular complexity index is 1460. The van der Waals surface area contributed by atoms with Gasteiger partial charge < -0.3 is 20.1 Å². The van der Waals surface area contributed by atoms with Gasteiger partial charge in [-0.1, -0.05) is 32.0 Å². The highest BCUT2D eigenvalue weighted by atomic mass is 19.1. The number of rotatable bonds is 5. The van der Waals surface area contributed by atoms with Gasteiger partial charge in [0.1, 0.15) is 23.6 Å². The molecule has 2 aliphatic rings. The number of anilines is 1. The Hall–Kier alpha value is -4.19. The van der Waals surface area contributed by atoms with Crippen molar-refractivity contribution in [3.8, 4) is 6.07 Å². The minimum atomic E-state index is -1.00. The van der Waals surface area contributed by atoms with Crippen molar-refractivity contribution in [2.24, 2.45) is 5.92 Å². The van der Waals surface area contributed by atoms with Gasteiger partial charge in [0.2, 0.25) is 11.8 Å². The quantitative estimate of drug-likeness (QED) is 0.554.